The summed E-state index contributed by atoms with van der Waals surface area (Å²) in [5, 5.41) is 8.02. The van der Waals surface area contributed by atoms with Crippen molar-refractivity contribution in [1.29, 1.82) is 0 Å². The number of likely N-dealkylation sites (N-methyl/N-ethyl adjacent to an activating group) is 1. The molecule has 152 valence electrons. The number of anilines is 1. The maximum absolute atomic E-state index is 12.2. The van der Waals surface area contributed by atoms with Crippen LogP contribution in [-0.2, 0) is 16.0 Å². The Balaban J connectivity index is 1.56. The summed E-state index contributed by atoms with van der Waals surface area (Å²) in [6, 6.07) is 21.3. The number of rotatable bonds is 5. The molecule has 0 aliphatic carbocycles. The summed E-state index contributed by atoms with van der Waals surface area (Å²) in [5.74, 6) is -0.273. The van der Waals surface area contributed by atoms with Crippen molar-refractivity contribution in [2.45, 2.75) is 6.42 Å². The second-order valence-corrected chi connectivity index (χ2v) is 7.42. The molecule has 0 aromatic heterocycles. The topological polar surface area (TPSA) is 61.4 Å². The molecule has 0 radical (unpaired) electrons. The molecule has 2 amide bonds. The van der Waals surface area contributed by atoms with Crippen LogP contribution in [-0.4, -0.2) is 35.9 Å². The Hall–Kier alpha value is -3.51. The van der Waals surface area contributed by atoms with Crippen LogP contribution in [0.25, 0.3) is 16.8 Å². The molecular weight excluding hydrogens is 394 g/mol. The molecular formula is C24H23N3O2S. The molecule has 3 rings (SSSR count). The summed E-state index contributed by atoms with van der Waals surface area (Å²) in [6.07, 6.45) is 3.58. The van der Waals surface area contributed by atoms with E-state index in [1.54, 1.807) is 25.1 Å². The summed E-state index contributed by atoms with van der Waals surface area (Å²) in [6.45, 7) is 0. The molecule has 0 bridgehead atoms. The Bertz CT molecular complexity index is 1100. The van der Waals surface area contributed by atoms with Crippen molar-refractivity contribution in [2.24, 2.45) is 0 Å². The van der Waals surface area contributed by atoms with Crippen LogP contribution < -0.4 is 10.6 Å². The Morgan fingerprint density at radius 2 is 1.67 bits per heavy atom. The van der Waals surface area contributed by atoms with Crippen molar-refractivity contribution in [1.82, 2.24) is 10.2 Å². The number of hydrogen-bond acceptors (Lipinski definition) is 3. The maximum atomic E-state index is 12.2. The van der Waals surface area contributed by atoms with E-state index in [1.807, 2.05) is 66.7 Å². The van der Waals surface area contributed by atoms with Crippen molar-refractivity contribution < 1.29 is 9.59 Å². The van der Waals surface area contributed by atoms with Gasteiger partial charge >= 0.3 is 0 Å². The van der Waals surface area contributed by atoms with Crippen LogP contribution in [0.5, 0.6) is 0 Å². The molecule has 5 nitrogen and oxygen atoms in total. The molecule has 0 atom stereocenters. The van der Waals surface area contributed by atoms with Crippen LogP contribution in [0.2, 0.25) is 0 Å². The van der Waals surface area contributed by atoms with Crippen molar-refractivity contribution in [3.05, 3.63) is 83.9 Å². The zero-order chi connectivity index (χ0) is 21.5. The van der Waals surface area contributed by atoms with Crippen LogP contribution in [0.1, 0.15) is 11.1 Å². The molecule has 3 aromatic rings. The lowest BCUT2D eigenvalue weighted by Crippen LogP contribution is -2.32. The van der Waals surface area contributed by atoms with Gasteiger partial charge in [0.1, 0.15) is 0 Å². The number of nitrogens with zero attached hydrogens (tertiary/aromatic N) is 1. The monoisotopic (exact) mass is 417 g/mol. The second-order valence-electron chi connectivity index (χ2n) is 7.01. The molecule has 0 saturated carbocycles. The molecule has 0 fully saturated rings. The zero-order valence-electron chi connectivity index (χ0n) is 16.9. The quantitative estimate of drug-likeness (QED) is 0.487. The van der Waals surface area contributed by atoms with Gasteiger partial charge < -0.3 is 10.2 Å². The molecule has 2 N–H and O–H groups in total. The highest BCUT2D eigenvalue weighted by Gasteiger charge is 2.06. The lowest BCUT2D eigenvalue weighted by atomic mass is 10.0. The lowest BCUT2D eigenvalue weighted by Gasteiger charge is -2.11. The molecule has 0 saturated heterocycles. The number of thiocarbonyl (C=S) groups is 1. The second kappa shape index (κ2) is 9.80. The first-order valence-corrected chi connectivity index (χ1v) is 9.90. The first-order valence-electron chi connectivity index (χ1n) is 9.49. The van der Waals surface area contributed by atoms with E-state index in [1.165, 1.54) is 6.08 Å². The maximum Gasteiger partial charge on any atom is 0.250 e. The van der Waals surface area contributed by atoms with Crippen LogP contribution >= 0.6 is 12.2 Å². The Kier molecular flexibility index (Phi) is 6.93. The molecule has 30 heavy (non-hydrogen) atoms. The fraction of sp³-hybridized carbons (Fsp3) is 0.125. The van der Waals surface area contributed by atoms with E-state index in [4.69, 9.17) is 12.2 Å². The van der Waals surface area contributed by atoms with E-state index in [-0.39, 0.29) is 16.9 Å². The highest BCUT2D eigenvalue weighted by Crippen LogP contribution is 2.19. The van der Waals surface area contributed by atoms with Crippen LogP contribution in [0.15, 0.2) is 72.8 Å². The highest BCUT2D eigenvalue weighted by molar-refractivity contribution is 7.80. The van der Waals surface area contributed by atoms with Gasteiger partial charge in [-0.05, 0) is 52.3 Å². The molecule has 0 aliphatic rings. The number of benzene rings is 3. The molecule has 0 heterocycles. The Morgan fingerprint density at radius 3 is 2.40 bits per heavy atom. The summed E-state index contributed by atoms with van der Waals surface area (Å²) in [4.78, 5) is 25.6. The predicted molar refractivity (Wildman–Crippen MR) is 126 cm³/mol. The standard InChI is InChI=1S/C24H23N3O2S/c1-27(2)23(29)16-17-10-13-20(14-11-17)25-24(30)26-22(28)15-12-19-8-5-7-18-6-3-4-9-21(18)19/h3-15H,16H2,1-2H3,(H2,25,26,28,30)/b15-12+. The molecule has 6 heteroatoms. The van der Waals surface area contributed by atoms with Gasteiger partial charge in [-0.2, -0.15) is 0 Å². The summed E-state index contributed by atoms with van der Waals surface area (Å²) < 4.78 is 0. The summed E-state index contributed by atoms with van der Waals surface area (Å²) in [5.41, 5.74) is 2.61. The zero-order valence-corrected chi connectivity index (χ0v) is 17.7. The van der Waals surface area contributed by atoms with Crippen molar-refractivity contribution in [2.75, 3.05) is 19.4 Å². The smallest absolute Gasteiger partial charge is 0.250 e. The van der Waals surface area contributed by atoms with Crippen molar-refractivity contribution in [3.8, 4) is 0 Å². The first-order chi connectivity index (χ1) is 14.4. The Morgan fingerprint density at radius 1 is 0.967 bits per heavy atom. The number of hydrogen-bond donors (Lipinski definition) is 2. The number of fused-ring (bicyclic) bond motifs is 1. The van der Waals surface area contributed by atoms with Gasteiger partial charge in [0.05, 0.1) is 6.42 Å². The molecule has 0 unspecified atom stereocenters. The van der Waals surface area contributed by atoms with E-state index in [9.17, 15) is 9.59 Å². The largest absolute Gasteiger partial charge is 0.349 e. The summed E-state index contributed by atoms with van der Waals surface area (Å²) in [7, 11) is 3.46. The molecule has 3 aromatic carbocycles. The highest BCUT2D eigenvalue weighted by atomic mass is 32.1. The minimum atomic E-state index is -0.311. The van der Waals surface area contributed by atoms with E-state index in [0.717, 1.165) is 27.6 Å². The molecule has 0 aliphatic heterocycles. The van der Waals surface area contributed by atoms with Crippen LogP contribution in [0.4, 0.5) is 5.69 Å². The third kappa shape index (κ3) is 5.75. The van der Waals surface area contributed by atoms with E-state index >= 15 is 0 Å². The number of carbonyl (C=O) groups excluding carboxylic acids is 2. The third-order valence-corrected chi connectivity index (χ3v) is 4.74. The fourth-order valence-electron chi connectivity index (χ4n) is 2.92. The third-order valence-electron chi connectivity index (χ3n) is 4.54. The van der Waals surface area contributed by atoms with Gasteiger partial charge in [-0.25, -0.2) is 0 Å². The number of amides is 2. The van der Waals surface area contributed by atoms with E-state index in [2.05, 4.69) is 10.6 Å². The van der Waals surface area contributed by atoms with Gasteiger partial charge in [-0.1, -0.05) is 54.6 Å². The van der Waals surface area contributed by atoms with Crippen molar-refractivity contribution >= 4 is 51.7 Å². The predicted octanol–water partition coefficient (Wildman–Crippen LogP) is 4.00. The molecule has 0 spiro atoms. The minimum Gasteiger partial charge on any atom is -0.349 e. The number of nitrogens with one attached hydrogen (secondary N) is 2. The van der Waals surface area contributed by atoms with E-state index < -0.39 is 0 Å². The normalized spacial score (nSPS) is 10.7. The fourth-order valence-corrected chi connectivity index (χ4v) is 3.13. The van der Waals surface area contributed by atoms with Crippen LogP contribution in [0, 0.1) is 0 Å². The average molecular weight is 418 g/mol. The van der Waals surface area contributed by atoms with Crippen LogP contribution in [0.3, 0.4) is 0 Å². The lowest BCUT2D eigenvalue weighted by molar-refractivity contribution is -0.128. The van der Waals surface area contributed by atoms with Gasteiger partial charge in [0.25, 0.3) is 0 Å². The van der Waals surface area contributed by atoms with Gasteiger partial charge in [0, 0.05) is 25.9 Å². The minimum absolute atomic E-state index is 0.0384. The Labute approximate surface area is 181 Å². The average Bonchev–Trinajstić information content (AvgIpc) is 2.73. The number of carbonyl (C=O) groups is 2. The van der Waals surface area contributed by atoms with Gasteiger partial charge in [0.15, 0.2) is 5.11 Å². The van der Waals surface area contributed by atoms with Crippen molar-refractivity contribution in [3.63, 3.8) is 0 Å². The van der Waals surface area contributed by atoms with Gasteiger partial charge in [0.2, 0.25) is 11.8 Å². The van der Waals surface area contributed by atoms with Gasteiger partial charge in [-0.15, -0.1) is 0 Å². The first kappa shape index (κ1) is 21.2. The van der Waals surface area contributed by atoms with E-state index in [0.29, 0.717) is 6.42 Å². The van der Waals surface area contributed by atoms with Gasteiger partial charge in [-0.3, -0.25) is 14.9 Å². The summed E-state index contributed by atoms with van der Waals surface area (Å²) >= 11 is 5.22. The SMILES string of the molecule is CN(C)C(=O)Cc1ccc(NC(=S)NC(=O)/C=C/c2cccc3ccccc23)cc1.